The molecule has 1 fully saturated rings. The first-order valence-corrected chi connectivity index (χ1v) is 12.5. The second kappa shape index (κ2) is 12.2. The summed E-state index contributed by atoms with van der Waals surface area (Å²) in [6.07, 6.45) is 3.77. The number of fused-ring (bicyclic) bond motifs is 1. The zero-order valence-corrected chi connectivity index (χ0v) is 22.0. The number of carbonyl (C=O) groups is 1. The van der Waals surface area contributed by atoms with E-state index in [4.69, 9.17) is 13.9 Å². The first kappa shape index (κ1) is 27.2. The van der Waals surface area contributed by atoms with Crippen molar-refractivity contribution in [3.63, 3.8) is 0 Å². The van der Waals surface area contributed by atoms with E-state index in [2.05, 4.69) is 4.90 Å². The SMILES string of the molecule is COc1ccc(-c2c(C(=O)c3ccc(OCCN4CCCCC4)cc3)oc3cc(O)ccc3c2=O)cc1.Cl. The quantitative estimate of drug-likeness (QED) is 0.290. The van der Waals surface area contributed by atoms with Crippen molar-refractivity contribution in [1.82, 2.24) is 4.90 Å². The topological polar surface area (TPSA) is 89.2 Å². The lowest BCUT2D eigenvalue weighted by Crippen LogP contribution is -2.33. The van der Waals surface area contributed by atoms with E-state index in [1.165, 1.54) is 37.5 Å². The Bertz CT molecular complexity index is 1460. The Labute approximate surface area is 227 Å². The smallest absolute Gasteiger partial charge is 0.229 e. The van der Waals surface area contributed by atoms with Crippen LogP contribution in [0, 0.1) is 0 Å². The number of methoxy groups -OCH3 is 1. The van der Waals surface area contributed by atoms with Crippen LogP contribution in [0.1, 0.15) is 35.4 Å². The number of piperidine rings is 1. The number of phenolic OH excluding ortho intramolecular Hbond substituents is 1. The molecule has 2 heterocycles. The molecule has 0 aliphatic carbocycles. The highest BCUT2D eigenvalue weighted by atomic mass is 35.5. The molecule has 0 saturated carbocycles. The van der Waals surface area contributed by atoms with E-state index >= 15 is 0 Å². The molecule has 1 saturated heterocycles. The number of likely N-dealkylation sites (tertiary alicyclic amines) is 1. The van der Waals surface area contributed by atoms with Crippen LogP contribution < -0.4 is 14.9 Å². The number of hydrogen-bond donors (Lipinski definition) is 1. The van der Waals surface area contributed by atoms with Gasteiger partial charge in [-0.05, 0) is 80.0 Å². The zero-order valence-electron chi connectivity index (χ0n) is 21.1. The number of rotatable bonds is 8. The number of halogens is 1. The third kappa shape index (κ3) is 5.85. The molecular weight excluding hydrogens is 506 g/mol. The summed E-state index contributed by atoms with van der Waals surface area (Å²) < 4.78 is 17.1. The van der Waals surface area contributed by atoms with Gasteiger partial charge in [0, 0.05) is 18.2 Å². The van der Waals surface area contributed by atoms with E-state index in [0.717, 1.165) is 19.6 Å². The molecular formula is C30H30ClNO6. The second-order valence-electron chi connectivity index (χ2n) is 9.15. The molecule has 7 nitrogen and oxygen atoms in total. The van der Waals surface area contributed by atoms with Gasteiger partial charge >= 0.3 is 0 Å². The van der Waals surface area contributed by atoms with Gasteiger partial charge in [-0.2, -0.15) is 0 Å². The van der Waals surface area contributed by atoms with Gasteiger partial charge in [0.15, 0.2) is 5.76 Å². The molecule has 198 valence electrons. The minimum absolute atomic E-state index is 0. The van der Waals surface area contributed by atoms with E-state index in [9.17, 15) is 14.7 Å². The van der Waals surface area contributed by atoms with Gasteiger partial charge in [0.25, 0.3) is 0 Å². The van der Waals surface area contributed by atoms with Gasteiger partial charge in [0.05, 0.1) is 18.1 Å². The molecule has 8 heteroatoms. The normalized spacial score (nSPS) is 13.6. The molecule has 5 rings (SSSR count). The average Bonchev–Trinajstić information content (AvgIpc) is 2.93. The van der Waals surface area contributed by atoms with Crippen molar-refractivity contribution in [2.75, 3.05) is 33.4 Å². The van der Waals surface area contributed by atoms with Crippen molar-refractivity contribution in [3.8, 4) is 28.4 Å². The van der Waals surface area contributed by atoms with Crippen LogP contribution in [0.4, 0.5) is 0 Å². The molecule has 0 unspecified atom stereocenters. The van der Waals surface area contributed by atoms with Crippen LogP contribution in [-0.2, 0) is 0 Å². The van der Waals surface area contributed by atoms with E-state index in [0.29, 0.717) is 29.2 Å². The number of hydrogen-bond acceptors (Lipinski definition) is 7. The molecule has 1 aromatic heterocycles. The Morgan fingerprint density at radius 1 is 0.947 bits per heavy atom. The maximum atomic E-state index is 13.6. The summed E-state index contributed by atoms with van der Waals surface area (Å²) in [5, 5.41) is 10.2. The first-order valence-electron chi connectivity index (χ1n) is 12.5. The highest BCUT2D eigenvalue weighted by Crippen LogP contribution is 2.30. The standard InChI is InChI=1S/C30H29NO6.ClH/c1-35-23-10-5-20(6-11-23)27-29(34)25-14-9-22(32)19-26(25)37-30(27)28(33)21-7-12-24(13-8-21)36-18-17-31-15-3-2-4-16-31;/h5-14,19,32H,2-4,15-18H2,1H3;1H. The lowest BCUT2D eigenvalue weighted by atomic mass is 9.97. The second-order valence-corrected chi connectivity index (χ2v) is 9.15. The van der Waals surface area contributed by atoms with Crippen molar-refractivity contribution in [3.05, 3.63) is 88.3 Å². The molecule has 1 N–H and O–H groups in total. The van der Waals surface area contributed by atoms with Crippen LogP contribution in [-0.4, -0.2) is 49.1 Å². The van der Waals surface area contributed by atoms with Crippen molar-refractivity contribution in [1.29, 1.82) is 0 Å². The number of nitrogens with zero attached hydrogens (tertiary/aromatic N) is 1. The van der Waals surface area contributed by atoms with Gasteiger partial charge in [-0.25, -0.2) is 0 Å². The van der Waals surface area contributed by atoms with Crippen LogP contribution in [0.3, 0.4) is 0 Å². The van der Waals surface area contributed by atoms with Gasteiger partial charge in [0.1, 0.15) is 29.4 Å². The summed E-state index contributed by atoms with van der Waals surface area (Å²) in [5.74, 6) is 0.716. The van der Waals surface area contributed by atoms with E-state index in [-0.39, 0.29) is 45.9 Å². The Morgan fingerprint density at radius 3 is 2.32 bits per heavy atom. The van der Waals surface area contributed by atoms with Crippen molar-refractivity contribution in [2.24, 2.45) is 0 Å². The minimum atomic E-state index is -0.437. The van der Waals surface area contributed by atoms with Crippen LogP contribution in [0.2, 0.25) is 0 Å². The van der Waals surface area contributed by atoms with Gasteiger partial charge in [-0.1, -0.05) is 18.6 Å². The van der Waals surface area contributed by atoms with E-state index in [1.807, 2.05) is 0 Å². The van der Waals surface area contributed by atoms with Crippen molar-refractivity contribution in [2.45, 2.75) is 19.3 Å². The third-order valence-corrected chi connectivity index (χ3v) is 6.70. The molecule has 1 aliphatic rings. The molecule has 0 bridgehead atoms. The molecule has 0 spiro atoms. The minimum Gasteiger partial charge on any atom is -0.508 e. The zero-order chi connectivity index (χ0) is 25.8. The number of ether oxygens (including phenoxy) is 2. The van der Waals surface area contributed by atoms with Gasteiger partial charge in [-0.15, -0.1) is 12.4 Å². The van der Waals surface area contributed by atoms with Gasteiger partial charge in [-0.3, -0.25) is 14.5 Å². The summed E-state index contributed by atoms with van der Waals surface area (Å²) in [6.45, 7) is 3.68. The van der Waals surface area contributed by atoms with Crippen LogP contribution in [0.15, 0.2) is 75.9 Å². The largest absolute Gasteiger partial charge is 0.508 e. The fourth-order valence-electron chi connectivity index (χ4n) is 4.67. The average molecular weight is 536 g/mol. The van der Waals surface area contributed by atoms with Gasteiger partial charge in [0.2, 0.25) is 11.2 Å². The summed E-state index contributed by atoms with van der Waals surface area (Å²) in [4.78, 5) is 29.5. The van der Waals surface area contributed by atoms with E-state index < -0.39 is 5.78 Å². The Morgan fingerprint density at radius 2 is 1.63 bits per heavy atom. The van der Waals surface area contributed by atoms with Gasteiger partial charge < -0.3 is 19.0 Å². The third-order valence-electron chi connectivity index (χ3n) is 6.70. The number of aromatic hydroxyl groups is 1. The summed E-state index contributed by atoms with van der Waals surface area (Å²) in [6, 6.07) is 18.0. The van der Waals surface area contributed by atoms with E-state index in [1.54, 1.807) is 55.6 Å². The molecule has 38 heavy (non-hydrogen) atoms. The molecule has 0 radical (unpaired) electrons. The monoisotopic (exact) mass is 535 g/mol. The Hall–Kier alpha value is -3.81. The maximum absolute atomic E-state index is 13.6. The molecule has 0 amide bonds. The summed E-state index contributed by atoms with van der Waals surface area (Å²) in [7, 11) is 1.56. The predicted molar refractivity (Wildman–Crippen MR) is 149 cm³/mol. The van der Waals surface area contributed by atoms with Crippen LogP contribution in [0.25, 0.3) is 22.1 Å². The molecule has 4 aromatic rings. The number of benzene rings is 3. The summed E-state index contributed by atoms with van der Waals surface area (Å²) >= 11 is 0. The Kier molecular flexibility index (Phi) is 8.71. The fraction of sp³-hybridized carbons (Fsp3) is 0.267. The number of ketones is 1. The predicted octanol–water partition coefficient (Wildman–Crippen LogP) is 5.69. The van der Waals surface area contributed by atoms with Crippen molar-refractivity contribution < 1.29 is 23.8 Å². The molecule has 3 aromatic carbocycles. The van der Waals surface area contributed by atoms with Crippen LogP contribution in [0.5, 0.6) is 17.2 Å². The fourth-order valence-corrected chi connectivity index (χ4v) is 4.67. The number of phenols is 1. The first-order chi connectivity index (χ1) is 18.0. The van der Waals surface area contributed by atoms with Crippen LogP contribution >= 0.6 is 12.4 Å². The highest BCUT2D eigenvalue weighted by Gasteiger charge is 2.23. The molecule has 1 aliphatic heterocycles. The lowest BCUT2D eigenvalue weighted by Gasteiger charge is -2.26. The Balaban J connectivity index is 0.00000336. The number of carbonyl (C=O) groups excluding carboxylic acids is 1. The van der Waals surface area contributed by atoms with Crippen molar-refractivity contribution >= 4 is 29.2 Å². The lowest BCUT2D eigenvalue weighted by molar-refractivity contribution is 0.101. The molecule has 0 atom stereocenters. The summed E-state index contributed by atoms with van der Waals surface area (Å²) in [5.41, 5.74) is 0.842. The highest BCUT2D eigenvalue weighted by molar-refractivity contribution is 6.11. The maximum Gasteiger partial charge on any atom is 0.229 e.